The zero-order valence-electron chi connectivity index (χ0n) is 11.4. The minimum atomic E-state index is -0.110. The van der Waals surface area contributed by atoms with Crippen LogP contribution >= 0.6 is 11.6 Å². The smallest absolute Gasteiger partial charge is 0.118 e. The summed E-state index contributed by atoms with van der Waals surface area (Å²) in [5, 5.41) is -0.110. The Morgan fingerprint density at radius 1 is 0.947 bits per heavy atom. The van der Waals surface area contributed by atoms with Gasteiger partial charge in [-0.2, -0.15) is 0 Å². The molecule has 0 aliphatic rings. The lowest BCUT2D eigenvalue weighted by atomic mass is 10.0. The highest BCUT2D eigenvalue weighted by atomic mass is 35.5. The van der Waals surface area contributed by atoms with Crippen LogP contribution in [0, 0.1) is 0 Å². The van der Waals surface area contributed by atoms with Gasteiger partial charge in [0.15, 0.2) is 0 Å². The number of alkyl halides is 1. The molecule has 19 heavy (non-hydrogen) atoms. The third-order valence-corrected chi connectivity index (χ3v) is 3.72. The molecular weight excluding hydrogens is 256 g/mol. The van der Waals surface area contributed by atoms with Crippen LogP contribution in [0.3, 0.4) is 0 Å². The average Bonchev–Trinajstić information content (AvgIpc) is 2.48. The molecule has 0 aromatic heterocycles. The topological polar surface area (TPSA) is 9.23 Å². The molecular formula is C17H19ClO. The highest BCUT2D eigenvalue weighted by Crippen LogP contribution is 2.30. The molecule has 2 rings (SSSR count). The summed E-state index contributed by atoms with van der Waals surface area (Å²) in [5.74, 6) is 0.853. The number of methoxy groups -OCH3 is 1. The molecule has 0 spiro atoms. The predicted molar refractivity (Wildman–Crippen MR) is 81.1 cm³/mol. The molecule has 0 saturated heterocycles. The highest BCUT2D eigenvalue weighted by Gasteiger charge is 2.10. The minimum Gasteiger partial charge on any atom is -0.497 e. The van der Waals surface area contributed by atoms with Crippen LogP contribution < -0.4 is 4.74 Å². The Hall–Kier alpha value is -1.47. The second-order valence-electron chi connectivity index (χ2n) is 4.63. The number of halogens is 1. The second kappa shape index (κ2) is 6.63. The summed E-state index contributed by atoms with van der Waals surface area (Å²) in [7, 11) is 1.67. The lowest BCUT2D eigenvalue weighted by Gasteiger charge is -2.11. The van der Waals surface area contributed by atoms with Crippen molar-refractivity contribution in [3.63, 3.8) is 0 Å². The van der Waals surface area contributed by atoms with E-state index in [1.807, 2.05) is 24.3 Å². The first-order valence-corrected chi connectivity index (χ1v) is 7.05. The number of hydrogen-bond donors (Lipinski definition) is 0. The zero-order valence-corrected chi connectivity index (χ0v) is 12.2. The highest BCUT2D eigenvalue weighted by molar-refractivity contribution is 6.22. The standard InChI is InChI=1S/C17H19ClO/c1-3-4-13-5-7-14(8-6-13)17(18)15-9-11-16(19-2)12-10-15/h5-12,17H,3-4H2,1-2H3. The number of aryl methyl sites for hydroxylation is 1. The van der Waals surface area contributed by atoms with Gasteiger partial charge >= 0.3 is 0 Å². The van der Waals surface area contributed by atoms with Crippen LogP contribution in [-0.2, 0) is 6.42 Å². The monoisotopic (exact) mass is 274 g/mol. The lowest BCUT2D eigenvalue weighted by molar-refractivity contribution is 0.414. The molecule has 0 saturated carbocycles. The van der Waals surface area contributed by atoms with Crippen molar-refractivity contribution in [2.45, 2.75) is 25.1 Å². The zero-order chi connectivity index (χ0) is 13.7. The summed E-state index contributed by atoms with van der Waals surface area (Å²) in [4.78, 5) is 0. The van der Waals surface area contributed by atoms with Gasteiger partial charge in [-0.25, -0.2) is 0 Å². The number of rotatable bonds is 5. The van der Waals surface area contributed by atoms with Crippen molar-refractivity contribution in [3.05, 3.63) is 65.2 Å². The number of benzene rings is 2. The van der Waals surface area contributed by atoms with E-state index in [0.29, 0.717) is 0 Å². The second-order valence-corrected chi connectivity index (χ2v) is 5.06. The summed E-state index contributed by atoms with van der Waals surface area (Å²) in [6.45, 7) is 2.19. The van der Waals surface area contributed by atoms with E-state index in [1.165, 1.54) is 12.0 Å². The normalized spacial score (nSPS) is 12.2. The molecule has 0 bridgehead atoms. The van der Waals surface area contributed by atoms with E-state index in [-0.39, 0.29) is 5.38 Å². The van der Waals surface area contributed by atoms with E-state index in [4.69, 9.17) is 16.3 Å². The van der Waals surface area contributed by atoms with Crippen molar-refractivity contribution in [1.82, 2.24) is 0 Å². The summed E-state index contributed by atoms with van der Waals surface area (Å²) in [6, 6.07) is 16.5. The van der Waals surface area contributed by atoms with E-state index in [9.17, 15) is 0 Å². The molecule has 0 amide bonds. The van der Waals surface area contributed by atoms with Crippen molar-refractivity contribution in [3.8, 4) is 5.75 Å². The number of hydrogen-bond acceptors (Lipinski definition) is 1. The van der Waals surface area contributed by atoms with Crippen molar-refractivity contribution in [1.29, 1.82) is 0 Å². The quantitative estimate of drug-likeness (QED) is 0.699. The average molecular weight is 275 g/mol. The predicted octanol–water partition coefficient (Wildman–Crippen LogP) is 4.98. The van der Waals surface area contributed by atoms with Gasteiger partial charge in [0.1, 0.15) is 5.75 Å². The van der Waals surface area contributed by atoms with Gasteiger partial charge in [0.05, 0.1) is 12.5 Å². The molecule has 2 aromatic rings. The summed E-state index contributed by atoms with van der Waals surface area (Å²) in [5.41, 5.74) is 3.59. The largest absolute Gasteiger partial charge is 0.497 e. The molecule has 0 radical (unpaired) electrons. The lowest BCUT2D eigenvalue weighted by Crippen LogP contribution is -1.94. The Balaban J connectivity index is 2.15. The third kappa shape index (κ3) is 3.51. The Morgan fingerprint density at radius 2 is 1.47 bits per heavy atom. The van der Waals surface area contributed by atoms with Gasteiger partial charge in [0.25, 0.3) is 0 Å². The van der Waals surface area contributed by atoms with Crippen LogP contribution in [0.1, 0.15) is 35.4 Å². The maximum Gasteiger partial charge on any atom is 0.118 e. The van der Waals surface area contributed by atoms with Crippen molar-refractivity contribution in [2.75, 3.05) is 7.11 Å². The van der Waals surface area contributed by atoms with Crippen LogP contribution in [0.5, 0.6) is 5.75 Å². The summed E-state index contributed by atoms with van der Waals surface area (Å²) < 4.78 is 5.15. The summed E-state index contributed by atoms with van der Waals surface area (Å²) in [6.07, 6.45) is 2.29. The number of ether oxygens (including phenoxy) is 1. The van der Waals surface area contributed by atoms with E-state index >= 15 is 0 Å². The first-order valence-electron chi connectivity index (χ1n) is 6.61. The first kappa shape index (κ1) is 14.0. The van der Waals surface area contributed by atoms with Crippen molar-refractivity contribution in [2.24, 2.45) is 0 Å². The van der Waals surface area contributed by atoms with Crippen LogP contribution in [0.4, 0.5) is 0 Å². The van der Waals surface area contributed by atoms with Crippen LogP contribution in [0.2, 0.25) is 0 Å². The Morgan fingerprint density at radius 3 is 1.95 bits per heavy atom. The van der Waals surface area contributed by atoms with E-state index in [0.717, 1.165) is 23.3 Å². The maximum absolute atomic E-state index is 6.52. The fraction of sp³-hybridized carbons (Fsp3) is 0.294. The van der Waals surface area contributed by atoms with Gasteiger partial charge in [-0.15, -0.1) is 11.6 Å². The fourth-order valence-corrected chi connectivity index (χ4v) is 2.40. The molecule has 2 aromatic carbocycles. The Kier molecular flexibility index (Phi) is 4.86. The minimum absolute atomic E-state index is 0.110. The van der Waals surface area contributed by atoms with Crippen LogP contribution in [0.15, 0.2) is 48.5 Å². The molecule has 100 valence electrons. The molecule has 0 fully saturated rings. The molecule has 0 aliphatic carbocycles. The molecule has 0 aliphatic heterocycles. The molecule has 0 N–H and O–H groups in total. The van der Waals surface area contributed by atoms with E-state index < -0.39 is 0 Å². The first-order chi connectivity index (χ1) is 9.24. The SMILES string of the molecule is CCCc1ccc(C(Cl)c2ccc(OC)cc2)cc1. The maximum atomic E-state index is 6.52. The molecule has 0 heterocycles. The van der Waals surface area contributed by atoms with Gasteiger partial charge in [0, 0.05) is 0 Å². The van der Waals surface area contributed by atoms with Crippen LogP contribution in [0.25, 0.3) is 0 Å². The van der Waals surface area contributed by atoms with E-state index in [1.54, 1.807) is 7.11 Å². The van der Waals surface area contributed by atoms with Crippen molar-refractivity contribution < 1.29 is 4.74 Å². The van der Waals surface area contributed by atoms with Gasteiger partial charge in [0.2, 0.25) is 0 Å². The van der Waals surface area contributed by atoms with Gasteiger partial charge in [-0.05, 0) is 35.2 Å². The molecule has 1 nitrogen and oxygen atoms in total. The molecule has 1 unspecified atom stereocenters. The Labute approximate surface area is 120 Å². The summed E-state index contributed by atoms with van der Waals surface area (Å²) >= 11 is 6.52. The van der Waals surface area contributed by atoms with E-state index in [2.05, 4.69) is 31.2 Å². The Bertz CT molecular complexity index is 502. The fourth-order valence-electron chi connectivity index (χ4n) is 2.11. The van der Waals surface area contributed by atoms with Gasteiger partial charge in [-0.3, -0.25) is 0 Å². The molecule has 2 heteroatoms. The van der Waals surface area contributed by atoms with Gasteiger partial charge in [-0.1, -0.05) is 49.7 Å². The molecule has 1 atom stereocenters. The van der Waals surface area contributed by atoms with Crippen LogP contribution in [-0.4, -0.2) is 7.11 Å². The van der Waals surface area contributed by atoms with Gasteiger partial charge < -0.3 is 4.74 Å². The van der Waals surface area contributed by atoms with Crippen molar-refractivity contribution >= 4 is 11.6 Å². The third-order valence-electron chi connectivity index (χ3n) is 3.22.